The van der Waals surface area contributed by atoms with Gasteiger partial charge in [0.25, 0.3) is 5.56 Å². The van der Waals surface area contributed by atoms with Crippen LogP contribution in [0, 0.1) is 13.8 Å². The highest BCUT2D eigenvalue weighted by Gasteiger charge is 2.13. The van der Waals surface area contributed by atoms with E-state index in [4.69, 9.17) is 0 Å². The normalized spacial score (nSPS) is 11.3. The molecule has 0 amide bonds. The van der Waals surface area contributed by atoms with Crippen molar-refractivity contribution in [1.82, 2.24) is 24.7 Å². The molecular weight excluding hydrogens is 354 g/mol. The molecule has 0 bridgehead atoms. The second-order valence-corrected chi connectivity index (χ2v) is 7.73. The smallest absolute Gasteiger partial charge is 0.259 e. The van der Waals surface area contributed by atoms with Crippen LogP contribution in [0.5, 0.6) is 0 Å². The second-order valence-electron chi connectivity index (χ2n) is 5.58. The Bertz CT molecular complexity index is 1100. The lowest BCUT2D eigenvalue weighted by molar-refractivity contribution is 0.881. The van der Waals surface area contributed by atoms with Gasteiger partial charge in [0.15, 0.2) is 5.16 Å². The van der Waals surface area contributed by atoms with E-state index in [0.717, 1.165) is 26.1 Å². The van der Waals surface area contributed by atoms with E-state index >= 15 is 0 Å². The summed E-state index contributed by atoms with van der Waals surface area (Å²) >= 11 is 3.05. The molecule has 0 saturated heterocycles. The molecule has 1 aromatic carbocycles. The molecule has 6 nitrogen and oxygen atoms in total. The number of para-hydroxylation sites is 1. The summed E-state index contributed by atoms with van der Waals surface area (Å²) < 4.78 is 1.92. The molecule has 0 spiro atoms. The number of hydrogen-bond acceptors (Lipinski definition) is 6. The van der Waals surface area contributed by atoms with Gasteiger partial charge in [0.05, 0.1) is 11.1 Å². The van der Waals surface area contributed by atoms with Crippen LogP contribution in [0.15, 0.2) is 46.6 Å². The van der Waals surface area contributed by atoms with Gasteiger partial charge in [0, 0.05) is 10.6 Å². The molecule has 0 fully saturated rings. The quantitative estimate of drug-likeness (QED) is 0.557. The maximum absolute atomic E-state index is 12.4. The third kappa shape index (κ3) is 2.98. The first-order valence-corrected chi connectivity index (χ1v) is 9.51. The van der Waals surface area contributed by atoms with Gasteiger partial charge in [0.1, 0.15) is 17.0 Å². The summed E-state index contributed by atoms with van der Waals surface area (Å²) in [5.41, 5.74) is 1.93. The fourth-order valence-corrected chi connectivity index (χ4v) is 4.44. The average molecular weight is 369 g/mol. The molecule has 0 saturated carbocycles. The van der Waals surface area contributed by atoms with E-state index in [1.807, 2.05) is 48.7 Å². The first-order chi connectivity index (χ1) is 12.1. The van der Waals surface area contributed by atoms with Crippen LogP contribution >= 0.6 is 23.1 Å². The fraction of sp³-hybridized carbons (Fsp3) is 0.176. The average Bonchev–Trinajstić information content (AvgIpc) is 3.19. The lowest BCUT2D eigenvalue weighted by atomic mass is 10.2. The van der Waals surface area contributed by atoms with E-state index in [1.54, 1.807) is 17.7 Å². The summed E-state index contributed by atoms with van der Waals surface area (Å²) in [5, 5.41) is 9.62. The van der Waals surface area contributed by atoms with Crippen molar-refractivity contribution < 1.29 is 0 Å². The number of aromatic amines is 1. The predicted octanol–water partition coefficient (Wildman–Crippen LogP) is 3.47. The van der Waals surface area contributed by atoms with Gasteiger partial charge in [0.2, 0.25) is 0 Å². The van der Waals surface area contributed by atoms with Crippen LogP contribution in [-0.4, -0.2) is 24.7 Å². The van der Waals surface area contributed by atoms with Crippen LogP contribution in [0.3, 0.4) is 0 Å². The number of nitrogens with zero attached hydrogens (tertiary/aromatic N) is 4. The zero-order valence-electron chi connectivity index (χ0n) is 13.7. The molecule has 25 heavy (non-hydrogen) atoms. The minimum Gasteiger partial charge on any atom is -0.309 e. The molecule has 1 N–H and O–H groups in total. The number of nitrogens with one attached hydrogen (secondary N) is 1. The highest BCUT2D eigenvalue weighted by molar-refractivity contribution is 7.98. The van der Waals surface area contributed by atoms with Gasteiger partial charge in [-0.05, 0) is 31.5 Å². The first-order valence-electron chi connectivity index (χ1n) is 7.70. The Morgan fingerprint density at radius 3 is 2.84 bits per heavy atom. The number of thioether (sulfide) groups is 1. The predicted molar refractivity (Wildman–Crippen MR) is 101 cm³/mol. The largest absolute Gasteiger partial charge is 0.309 e. The van der Waals surface area contributed by atoms with Crippen molar-refractivity contribution in [2.24, 2.45) is 0 Å². The van der Waals surface area contributed by atoms with Crippen molar-refractivity contribution in [3.05, 3.63) is 63.3 Å². The maximum atomic E-state index is 12.4. The highest BCUT2D eigenvalue weighted by atomic mass is 32.2. The van der Waals surface area contributed by atoms with Gasteiger partial charge >= 0.3 is 0 Å². The molecular formula is C17H15N5OS2. The zero-order chi connectivity index (χ0) is 17.4. The van der Waals surface area contributed by atoms with E-state index < -0.39 is 0 Å². The van der Waals surface area contributed by atoms with Gasteiger partial charge in [-0.3, -0.25) is 9.36 Å². The summed E-state index contributed by atoms with van der Waals surface area (Å²) in [7, 11) is 0. The SMILES string of the molecule is Cc1sc2nc(CSc3nncn3-c3ccccc3)[nH]c(=O)c2c1C. The van der Waals surface area contributed by atoms with Gasteiger partial charge in [-0.1, -0.05) is 30.0 Å². The molecule has 0 aliphatic heterocycles. The third-order valence-electron chi connectivity index (χ3n) is 3.98. The lowest BCUT2D eigenvalue weighted by Crippen LogP contribution is -2.11. The van der Waals surface area contributed by atoms with Crippen LogP contribution < -0.4 is 5.56 Å². The summed E-state index contributed by atoms with van der Waals surface area (Å²) in [6.45, 7) is 3.97. The van der Waals surface area contributed by atoms with E-state index in [2.05, 4.69) is 20.2 Å². The Kier molecular flexibility index (Phi) is 4.14. The van der Waals surface area contributed by atoms with Gasteiger partial charge < -0.3 is 4.98 Å². The Morgan fingerprint density at radius 1 is 1.24 bits per heavy atom. The number of thiophene rings is 1. The number of benzene rings is 1. The molecule has 0 unspecified atom stereocenters. The lowest BCUT2D eigenvalue weighted by Gasteiger charge is -2.05. The number of aryl methyl sites for hydroxylation is 2. The van der Waals surface area contributed by atoms with Crippen LogP contribution in [0.2, 0.25) is 0 Å². The van der Waals surface area contributed by atoms with Gasteiger partial charge in [-0.15, -0.1) is 21.5 Å². The molecule has 3 heterocycles. The number of fused-ring (bicyclic) bond motifs is 1. The molecule has 4 rings (SSSR count). The molecule has 3 aromatic heterocycles. The zero-order valence-corrected chi connectivity index (χ0v) is 15.3. The van der Waals surface area contributed by atoms with Gasteiger partial charge in [-0.25, -0.2) is 4.98 Å². The van der Waals surface area contributed by atoms with Crippen molar-refractivity contribution in [3.63, 3.8) is 0 Å². The van der Waals surface area contributed by atoms with E-state index in [0.29, 0.717) is 17.0 Å². The molecule has 0 aliphatic carbocycles. The Labute approximate surface area is 152 Å². The standard InChI is InChI=1S/C17H15N5OS2/c1-10-11(2)25-16-14(10)15(23)19-13(20-16)8-24-17-21-18-9-22(17)12-6-4-3-5-7-12/h3-7,9H,8H2,1-2H3,(H,19,20,23). The van der Waals surface area contributed by atoms with Crippen LogP contribution in [-0.2, 0) is 5.75 Å². The van der Waals surface area contributed by atoms with E-state index in [9.17, 15) is 4.79 Å². The minimum atomic E-state index is -0.0769. The first kappa shape index (κ1) is 16.0. The van der Waals surface area contributed by atoms with Crippen molar-refractivity contribution in [2.45, 2.75) is 24.8 Å². The van der Waals surface area contributed by atoms with Crippen LogP contribution in [0.25, 0.3) is 15.9 Å². The van der Waals surface area contributed by atoms with Crippen molar-refractivity contribution in [2.75, 3.05) is 0 Å². The molecule has 0 atom stereocenters. The molecule has 8 heteroatoms. The molecule has 126 valence electrons. The summed E-state index contributed by atoms with van der Waals surface area (Å²) in [6.07, 6.45) is 1.68. The monoisotopic (exact) mass is 369 g/mol. The number of rotatable bonds is 4. The number of H-pyrrole nitrogens is 1. The van der Waals surface area contributed by atoms with Crippen molar-refractivity contribution in [1.29, 1.82) is 0 Å². The van der Waals surface area contributed by atoms with Crippen molar-refractivity contribution in [3.8, 4) is 5.69 Å². The number of aromatic nitrogens is 5. The van der Waals surface area contributed by atoms with Crippen molar-refractivity contribution >= 4 is 33.3 Å². The Balaban J connectivity index is 1.62. The minimum absolute atomic E-state index is 0.0769. The Morgan fingerprint density at radius 2 is 2.04 bits per heavy atom. The fourth-order valence-electron chi connectivity index (χ4n) is 2.59. The topological polar surface area (TPSA) is 76.5 Å². The summed E-state index contributed by atoms with van der Waals surface area (Å²) in [4.78, 5) is 21.8. The van der Waals surface area contributed by atoms with E-state index in [-0.39, 0.29) is 5.56 Å². The highest BCUT2D eigenvalue weighted by Crippen LogP contribution is 2.27. The Hall–Kier alpha value is -2.45. The molecule has 0 aliphatic rings. The molecule has 0 radical (unpaired) electrons. The van der Waals surface area contributed by atoms with Crippen LogP contribution in [0.1, 0.15) is 16.3 Å². The van der Waals surface area contributed by atoms with Crippen LogP contribution in [0.4, 0.5) is 0 Å². The number of hydrogen-bond donors (Lipinski definition) is 1. The molecule has 4 aromatic rings. The summed E-state index contributed by atoms with van der Waals surface area (Å²) in [5.74, 6) is 1.17. The summed E-state index contributed by atoms with van der Waals surface area (Å²) in [6, 6.07) is 9.90. The third-order valence-corrected chi connectivity index (χ3v) is 6.03. The van der Waals surface area contributed by atoms with E-state index in [1.165, 1.54) is 11.8 Å². The van der Waals surface area contributed by atoms with Gasteiger partial charge in [-0.2, -0.15) is 0 Å². The second kappa shape index (κ2) is 6.45. The maximum Gasteiger partial charge on any atom is 0.259 e.